The third-order valence-corrected chi connectivity index (χ3v) is 3.82. The van der Waals surface area contributed by atoms with Gasteiger partial charge in [0, 0.05) is 5.41 Å². The highest BCUT2D eigenvalue weighted by Crippen LogP contribution is 2.32. The first kappa shape index (κ1) is 12.6. The van der Waals surface area contributed by atoms with E-state index in [0.717, 1.165) is 6.42 Å². The van der Waals surface area contributed by atoms with Gasteiger partial charge < -0.3 is 0 Å². The molecule has 0 saturated carbocycles. The van der Waals surface area contributed by atoms with Crippen LogP contribution >= 0.6 is 11.7 Å². The highest BCUT2D eigenvalue weighted by atomic mass is 32.1. The number of hydrogen-bond donors (Lipinski definition) is 0. The number of rotatable bonds is 7. The zero-order chi connectivity index (χ0) is 11.1. The second-order valence-corrected chi connectivity index (χ2v) is 5.07. The summed E-state index contributed by atoms with van der Waals surface area (Å²) < 4.78 is 8.50. The Bertz CT molecular complexity index is 259. The van der Waals surface area contributed by atoms with E-state index < -0.39 is 0 Å². The molecule has 15 heavy (non-hydrogen) atoms. The fourth-order valence-electron chi connectivity index (χ4n) is 1.86. The quantitative estimate of drug-likeness (QED) is 0.652. The zero-order valence-electron chi connectivity index (χ0n) is 10.1. The molecule has 1 unspecified atom stereocenters. The Morgan fingerprint density at radius 2 is 2.07 bits per heavy atom. The molecule has 0 aliphatic carbocycles. The molecule has 0 aromatic carbocycles. The monoisotopic (exact) mass is 226 g/mol. The Labute approximate surface area is 97.4 Å². The maximum atomic E-state index is 4.39. The maximum absolute atomic E-state index is 4.39. The minimum Gasteiger partial charge on any atom is -0.181 e. The Morgan fingerprint density at radius 1 is 1.27 bits per heavy atom. The molecular weight excluding hydrogens is 204 g/mol. The molecule has 1 heterocycles. The molecule has 0 amide bonds. The van der Waals surface area contributed by atoms with Gasteiger partial charge in [-0.1, -0.05) is 46.5 Å². The van der Waals surface area contributed by atoms with Gasteiger partial charge in [0.05, 0.1) is 23.6 Å². The predicted molar refractivity (Wildman–Crippen MR) is 66.3 cm³/mol. The lowest BCUT2D eigenvalue weighted by Crippen LogP contribution is -2.21. The van der Waals surface area contributed by atoms with Crippen molar-refractivity contribution in [3.05, 3.63) is 11.9 Å². The average molecular weight is 226 g/mol. The first-order chi connectivity index (χ1) is 7.23. The highest BCUT2D eigenvalue weighted by molar-refractivity contribution is 6.99. The molecule has 1 aromatic rings. The molecule has 1 aromatic heterocycles. The van der Waals surface area contributed by atoms with E-state index in [2.05, 4.69) is 29.5 Å². The van der Waals surface area contributed by atoms with Gasteiger partial charge in [-0.2, -0.15) is 8.75 Å². The lowest BCUT2D eigenvalue weighted by molar-refractivity contribution is 0.388. The third kappa shape index (κ3) is 3.56. The molecule has 1 rings (SSSR count). The molecule has 0 bridgehead atoms. The molecule has 0 N–H and O–H groups in total. The van der Waals surface area contributed by atoms with Crippen molar-refractivity contribution in [3.8, 4) is 0 Å². The fraction of sp³-hybridized carbons (Fsp3) is 0.833. The van der Waals surface area contributed by atoms with E-state index in [-0.39, 0.29) is 5.41 Å². The van der Waals surface area contributed by atoms with Crippen LogP contribution in [0.2, 0.25) is 0 Å². The van der Waals surface area contributed by atoms with Crippen LogP contribution in [0.15, 0.2) is 6.20 Å². The van der Waals surface area contributed by atoms with Crippen LogP contribution in [0.3, 0.4) is 0 Å². The van der Waals surface area contributed by atoms with Crippen molar-refractivity contribution in [1.82, 2.24) is 8.75 Å². The van der Waals surface area contributed by atoms with Gasteiger partial charge in [-0.05, 0) is 12.8 Å². The minimum absolute atomic E-state index is 0.251. The van der Waals surface area contributed by atoms with Crippen molar-refractivity contribution < 1.29 is 0 Å². The second-order valence-electron chi connectivity index (χ2n) is 4.52. The van der Waals surface area contributed by atoms with E-state index in [4.69, 9.17) is 0 Å². The maximum Gasteiger partial charge on any atom is 0.0801 e. The van der Waals surface area contributed by atoms with E-state index in [1.807, 2.05) is 6.20 Å². The second kappa shape index (κ2) is 6.21. The Balaban J connectivity index is 2.46. The largest absolute Gasteiger partial charge is 0.181 e. The fourth-order valence-corrected chi connectivity index (χ4v) is 2.41. The summed E-state index contributed by atoms with van der Waals surface area (Å²) >= 11 is 1.33. The summed E-state index contributed by atoms with van der Waals surface area (Å²) in [5, 5.41) is 0. The van der Waals surface area contributed by atoms with E-state index in [9.17, 15) is 0 Å². The summed E-state index contributed by atoms with van der Waals surface area (Å²) in [5.41, 5.74) is 1.44. The third-order valence-electron chi connectivity index (χ3n) is 3.34. The summed E-state index contributed by atoms with van der Waals surface area (Å²) in [6.45, 7) is 6.82. The van der Waals surface area contributed by atoms with Crippen molar-refractivity contribution in [2.75, 3.05) is 0 Å². The van der Waals surface area contributed by atoms with E-state index >= 15 is 0 Å². The van der Waals surface area contributed by atoms with Crippen molar-refractivity contribution >= 4 is 11.7 Å². The predicted octanol–water partition coefficient (Wildman–Crippen LogP) is 4.18. The summed E-state index contributed by atoms with van der Waals surface area (Å²) in [4.78, 5) is 0. The van der Waals surface area contributed by atoms with E-state index in [1.54, 1.807) is 0 Å². The van der Waals surface area contributed by atoms with Gasteiger partial charge in [0.2, 0.25) is 0 Å². The van der Waals surface area contributed by atoms with Crippen molar-refractivity contribution in [2.24, 2.45) is 0 Å². The topological polar surface area (TPSA) is 25.8 Å². The van der Waals surface area contributed by atoms with Crippen LogP contribution < -0.4 is 0 Å². The molecule has 0 fully saturated rings. The van der Waals surface area contributed by atoms with E-state index in [0.29, 0.717) is 0 Å². The first-order valence-corrected chi connectivity index (χ1v) is 6.74. The molecule has 0 spiro atoms. The van der Waals surface area contributed by atoms with Crippen LogP contribution in [-0.2, 0) is 5.41 Å². The van der Waals surface area contributed by atoms with Crippen LogP contribution in [0.1, 0.15) is 65.0 Å². The SMILES string of the molecule is CCCCCCC(C)(CC)c1cnsn1. The molecule has 0 saturated heterocycles. The van der Waals surface area contributed by atoms with Gasteiger partial charge >= 0.3 is 0 Å². The van der Waals surface area contributed by atoms with Crippen LogP contribution in [0.4, 0.5) is 0 Å². The molecule has 0 radical (unpaired) electrons. The van der Waals surface area contributed by atoms with Crippen LogP contribution in [0.5, 0.6) is 0 Å². The van der Waals surface area contributed by atoms with Gasteiger partial charge in [0.25, 0.3) is 0 Å². The molecule has 3 heteroatoms. The van der Waals surface area contributed by atoms with Gasteiger partial charge in [-0.25, -0.2) is 0 Å². The molecular formula is C12H22N2S. The normalized spacial score (nSPS) is 15.1. The molecule has 1 atom stereocenters. The zero-order valence-corrected chi connectivity index (χ0v) is 10.9. The lowest BCUT2D eigenvalue weighted by atomic mass is 9.79. The first-order valence-electron chi connectivity index (χ1n) is 6.01. The van der Waals surface area contributed by atoms with Gasteiger partial charge in [0.15, 0.2) is 0 Å². The average Bonchev–Trinajstić information content (AvgIpc) is 2.78. The van der Waals surface area contributed by atoms with Crippen molar-refractivity contribution in [2.45, 2.75) is 64.7 Å². The Hall–Kier alpha value is -0.440. The van der Waals surface area contributed by atoms with Gasteiger partial charge in [-0.15, -0.1) is 0 Å². The van der Waals surface area contributed by atoms with Crippen LogP contribution in [-0.4, -0.2) is 8.75 Å². The number of nitrogens with zero attached hydrogens (tertiary/aromatic N) is 2. The molecule has 86 valence electrons. The Morgan fingerprint density at radius 3 is 2.60 bits per heavy atom. The van der Waals surface area contributed by atoms with Gasteiger partial charge in [0.1, 0.15) is 0 Å². The summed E-state index contributed by atoms with van der Waals surface area (Å²) in [5.74, 6) is 0. The summed E-state index contributed by atoms with van der Waals surface area (Å²) in [6, 6.07) is 0. The molecule has 0 aliphatic heterocycles. The smallest absolute Gasteiger partial charge is 0.0801 e. The van der Waals surface area contributed by atoms with Gasteiger partial charge in [-0.3, -0.25) is 0 Å². The van der Waals surface area contributed by atoms with E-state index in [1.165, 1.54) is 49.5 Å². The lowest BCUT2D eigenvalue weighted by Gasteiger charge is -2.25. The summed E-state index contributed by atoms with van der Waals surface area (Å²) in [7, 11) is 0. The molecule has 0 aliphatic rings. The highest BCUT2D eigenvalue weighted by Gasteiger charge is 2.26. The van der Waals surface area contributed by atoms with Crippen LogP contribution in [0, 0.1) is 0 Å². The number of aromatic nitrogens is 2. The molecule has 2 nitrogen and oxygen atoms in total. The van der Waals surface area contributed by atoms with Crippen molar-refractivity contribution in [3.63, 3.8) is 0 Å². The van der Waals surface area contributed by atoms with Crippen molar-refractivity contribution in [1.29, 1.82) is 0 Å². The number of unbranched alkanes of at least 4 members (excludes halogenated alkanes) is 3. The summed E-state index contributed by atoms with van der Waals surface area (Å²) in [6.07, 6.45) is 9.67. The Kier molecular flexibility index (Phi) is 5.23. The standard InChI is InChI=1S/C12H22N2S/c1-4-6-7-8-9-12(3,5-2)11-10-13-15-14-11/h10H,4-9H2,1-3H3. The van der Waals surface area contributed by atoms with Crippen LogP contribution in [0.25, 0.3) is 0 Å². The number of hydrogen-bond acceptors (Lipinski definition) is 3. The minimum atomic E-state index is 0.251.